The first kappa shape index (κ1) is 17.1. The minimum Gasteiger partial charge on any atom is -0.461 e. The number of hydrogen-bond donors (Lipinski definition) is 1. The number of hydrogen-bond acceptors (Lipinski definition) is 7. The summed E-state index contributed by atoms with van der Waals surface area (Å²) in [6, 6.07) is 11.4. The third-order valence-electron chi connectivity index (χ3n) is 3.08. The molecule has 0 atom stereocenters. The molecule has 122 valence electrons. The highest BCUT2D eigenvalue weighted by Crippen LogP contribution is 2.25. The predicted octanol–water partition coefficient (Wildman–Crippen LogP) is 2.67. The topological polar surface area (TPSA) is 100 Å². The molecule has 0 bridgehead atoms. The summed E-state index contributed by atoms with van der Waals surface area (Å²) in [6.45, 7) is 5.22. The first-order valence-electron chi connectivity index (χ1n) is 7.38. The molecule has 24 heavy (non-hydrogen) atoms. The molecule has 0 unspecified atom stereocenters. The van der Waals surface area contributed by atoms with Crippen LogP contribution < -0.4 is 5.43 Å². The zero-order valence-corrected chi connectivity index (χ0v) is 13.7. The molecule has 7 nitrogen and oxygen atoms in total. The van der Waals surface area contributed by atoms with E-state index in [0.29, 0.717) is 11.5 Å². The van der Waals surface area contributed by atoms with Gasteiger partial charge in [-0.15, -0.1) is 0 Å². The third kappa shape index (κ3) is 3.93. The van der Waals surface area contributed by atoms with Crippen molar-refractivity contribution in [3.8, 4) is 17.3 Å². The van der Waals surface area contributed by atoms with Crippen LogP contribution in [0.4, 0.5) is 5.82 Å². The van der Waals surface area contributed by atoms with Crippen LogP contribution in [0.25, 0.3) is 11.3 Å². The molecule has 2 rings (SSSR count). The molecule has 1 N–H and O–H groups in total. The first-order valence-corrected chi connectivity index (χ1v) is 7.38. The molecule has 0 saturated carbocycles. The van der Waals surface area contributed by atoms with E-state index in [-0.39, 0.29) is 23.7 Å². The van der Waals surface area contributed by atoms with E-state index in [9.17, 15) is 10.1 Å². The largest absolute Gasteiger partial charge is 0.461 e. The Kier molecular flexibility index (Phi) is 5.58. The summed E-state index contributed by atoms with van der Waals surface area (Å²) >= 11 is 0. The summed E-state index contributed by atoms with van der Waals surface area (Å²) in [5.74, 6) is 0.199. The lowest BCUT2D eigenvalue weighted by molar-refractivity contribution is -0.135. The maximum absolute atomic E-state index is 11.6. The van der Waals surface area contributed by atoms with Gasteiger partial charge in [0.1, 0.15) is 23.2 Å². The molecule has 1 aromatic carbocycles. The van der Waals surface area contributed by atoms with Gasteiger partial charge in [-0.3, -0.25) is 5.43 Å². The zero-order chi connectivity index (χ0) is 17.5. The van der Waals surface area contributed by atoms with Gasteiger partial charge in [-0.2, -0.15) is 10.4 Å². The molecule has 0 radical (unpaired) electrons. The van der Waals surface area contributed by atoms with Crippen molar-refractivity contribution in [3.63, 3.8) is 0 Å². The van der Waals surface area contributed by atoms with Crippen LogP contribution in [0.15, 0.2) is 35.4 Å². The summed E-state index contributed by atoms with van der Waals surface area (Å²) in [6.07, 6.45) is 0. The molecule has 0 spiro atoms. The lowest BCUT2D eigenvalue weighted by Gasteiger charge is -2.09. The fourth-order valence-electron chi connectivity index (χ4n) is 1.98. The Morgan fingerprint density at radius 1 is 1.33 bits per heavy atom. The summed E-state index contributed by atoms with van der Waals surface area (Å²) in [7, 11) is 0. The highest BCUT2D eigenvalue weighted by Gasteiger charge is 2.15. The second kappa shape index (κ2) is 7.83. The van der Waals surface area contributed by atoms with E-state index in [1.807, 2.05) is 30.3 Å². The zero-order valence-electron chi connectivity index (χ0n) is 13.7. The average molecular weight is 323 g/mol. The number of aromatic nitrogens is 2. The second-order valence-corrected chi connectivity index (χ2v) is 4.85. The number of aryl methyl sites for hydroxylation is 1. The molecule has 0 aliphatic heterocycles. The molecule has 2 aromatic rings. The number of nitrogens with one attached hydrogen (secondary N) is 1. The van der Waals surface area contributed by atoms with Crippen molar-refractivity contribution in [2.24, 2.45) is 5.10 Å². The fraction of sp³-hybridized carbons (Fsp3) is 0.235. The highest BCUT2D eigenvalue weighted by atomic mass is 16.5. The quantitative estimate of drug-likeness (QED) is 0.516. The number of nitriles is 1. The van der Waals surface area contributed by atoms with Crippen molar-refractivity contribution in [1.82, 2.24) is 9.97 Å². The summed E-state index contributed by atoms with van der Waals surface area (Å²) < 4.78 is 4.86. The molecule has 1 heterocycles. The first-order chi connectivity index (χ1) is 11.6. The third-order valence-corrected chi connectivity index (χ3v) is 3.08. The van der Waals surface area contributed by atoms with Crippen molar-refractivity contribution in [2.45, 2.75) is 20.8 Å². The standard InChI is InChI=1S/C17H17N5O2/c1-4-24-17(23)11(2)21-22-16-14(10-18)15(19-12(3)20-16)13-8-6-5-7-9-13/h5-9H,4H2,1-3H3,(H,19,20,22)/b21-11+. The lowest BCUT2D eigenvalue weighted by Crippen LogP contribution is -2.16. The van der Waals surface area contributed by atoms with E-state index in [2.05, 4.69) is 26.6 Å². The van der Waals surface area contributed by atoms with Crippen LogP contribution in [0.5, 0.6) is 0 Å². The Bertz CT molecular complexity index is 810. The van der Waals surface area contributed by atoms with Gasteiger partial charge in [0.05, 0.1) is 12.3 Å². The van der Waals surface area contributed by atoms with Gasteiger partial charge in [-0.1, -0.05) is 30.3 Å². The molecular formula is C17H17N5O2. The van der Waals surface area contributed by atoms with Crippen molar-refractivity contribution in [3.05, 3.63) is 41.7 Å². The number of ether oxygens (including phenoxy) is 1. The molecule has 0 fully saturated rings. The summed E-state index contributed by atoms with van der Waals surface area (Å²) in [5.41, 5.74) is 4.37. The van der Waals surface area contributed by atoms with Crippen LogP contribution in [0.1, 0.15) is 25.2 Å². The van der Waals surface area contributed by atoms with E-state index in [1.54, 1.807) is 13.8 Å². The summed E-state index contributed by atoms with van der Waals surface area (Å²) in [5, 5.41) is 13.4. The van der Waals surface area contributed by atoms with Crippen LogP contribution >= 0.6 is 0 Å². The Hall–Kier alpha value is -3.27. The molecule has 0 aliphatic carbocycles. The van der Waals surface area contributed by atoms with Gasteiger partial charge < -0.3 is 4.74 Å². The minimum atomic E-state index is -0.530. The van der Waals surface area contributed by atoms with Gasteiger partial charge >= 0.3 is 5.97 Å². The van der Waals surface area contributed by atoms with E-state index in [4.69, 9.17) is 4.74 Å². The van der Waals surface area contributed by atoms with Crippen LogP contribution in [0, 0.1) is 18.3 Å². The molecule has 0 amide bonds. The van der Waals surface area contributed by atoms with E-state index in [0.717, 1.165) is 5.56 Å². The molecule has 0 saturated heterocycles. The van der Waals surface area contributed by atoms with E-state index >= 15 is 0 Å². The average Bonchev–Trinajstić information content (AvgIpc) is 2.60. The van der Waals surface area contributed by atoms with Gasteiger partial charge in [-0.05, 0) is 20.8 Å². The van der Waals surface area contributed by atoms with Gasteiger partial charge in [0.15, 0.2) is 5.82 Å². The Morgan fingerprint density at radius 2 is 2.04 bits per heavy atom. The number of carbonyl (C=O) groups is 1. The van der Waals surface area contributed by atoms with Gasteiger partial charge in [-0.25, -0.2) is 14.8 Å². The monoisotopic (exact) mass is 323 g/mol. The van der Waals surface area contributed by atoms with Crippen molar-refractivity contribution >= 4 is 17.5 Å². The van der Waals surface area contributed by atoms with Crippen LogP contribution in [-0.4, -0.2) is 28.3 Å². The van der Waals surface area contributed by atoms with Crippen LogP contribution in [0.3, 0.4) is 0 Å². The van der Waals surface area contributed by atoms with E-state index in [1.165, 1.54) is 6.92 Å². The van der Waals surface area contributed by atoms with Gasteiger partial charge in [0.2, 0.25) is 0 Å². The van der Waals surface area contributed by atoms with Gasteiger partial charge in [0, 0.05) is 5.56 Å². The van der Waals surface area contributed by atoms with Crippen LogP contribution in [0.2, 0.25) is 0 Å². The van der Waals surface area contributed by atoms with E-state index < -0.39 is 5.97 Å². The van der Waals surface area contributed by atoms with Crippen molar-refractivity contribution < 1.29 is 9.53 Å². The van der Waals surface area contributed by atoms with Crippen molar-refractivity contribution in [1.29, 1.82) is 5.26 Å². The van der Waals surface area contributed by atoms with Crippen LogP contribution in [-0.2, 0) is 9.53 Å². The number of hydrazone groups is 1. The number of anilines is 1. The van der Waals surface area contributed by atoms with Gasteiger partial charge in [0.25, 0.3) is 0 Å². The Labute approximate surface area is 140 Å². The normalized spacial score (nSPS) is 10.8. The SMILES string of the molecule is CCOC(=O)/C(C)=N/Nc1nc(C)nc(-c2ccccc2)c1C#N. The molecule has 7 heteroatoms. The van der Waals surface area contributed by atoms with Crippen molar-refractivity contribution in [2.75, 3.05) is 12.0 Å². The Morgan fingerprint density at radius 3 is 2.67 bits per heavy atom. The minimum absolute atomic E-state index is 0.137. The second-order valence-electron chi connectivity index (χ2n) is 4.85. The number of nitrogens with zero attached hydrogens (tertiary/aromatic N) is 4. The number of esters is 1. The lowest BCUT2D eigenvalue weighted by atomic mass is 10.1. The fourth-order valence-corrected chi connectivity index (χ4v) is 1.98. The number of benzene rings is 1. The molecule has 1 aromatic heterocycles. The smallest absolute Gasteiger partial charge is 0.354 e. The number of carbonyl (C=O) groups excluding carboxylic acids is 1. The number of rotatable bonds is 5. The predicted molar refractivity (Wildman–Crippen MR) is 90.3 cm³/mol. The molecule has 0 aliphatic rings. The maximum atomic E-state index is 11.6. The highest BCUT2D eigenvalue weighted by molar-refractivity contribution is 6.35. The Balaban J connectivity index is 2.41. The maximum Gasteiger partial charge on any atom is 0.354 e. The molecular weight excluding hydrogens is 306 g/mol. The summed E-state index contributed by atoms with van der Waals surface area (Å²) in [4.78, 5) is 20.1.